The molecule has 1 aromatic heterocycles. The van der Waals surface area contributed by atoms with Crippen molar-refractivity contribution in [2.45, 2.75) is 25.9 Å². The fourth-order valence-electron chi connectivity index (χ4n) is 1.99. The summed E-state index contributed by atoms with van der Waals surface area (Å²) in [5.74, 6) is -0.337. The van der Waals surface area contributed by atoms with E-state index in [0.29, 0.717) is 0 Å². The Bertz CT molecular complexity index is 444. The van der Waals surface area contributed by atoms with Gasteiger partial charge in [-0.05, 0) is 30.4 Å². The lowest BCUT2D eigenvalue weighted by Crippen LogP contribution is -2.49. The predicted molar refractivity (Wildman–Crippen MR) is 65.6 cm³/mol. The number of hydrogen-bond acceptors (Lipinski definition) is 4. The first-order valence-electron chi connectivity index (χ1n) is 5.47. The SMILES string of the molecule is C[C@H](C(=O)NC(N)=O)N1CCc2sccc2C1. The van der Waals surface area contributed by atoms with Crippen LogP contribution >= 0.6 is 11.3 Å². The van der Waals surface area contributed by atoms with E-state index in [1.807, 2.05) is 4.90 Å². The Morgan fingerprint density at radius 3 is 3.06 bits per heavy atom. The van der Waals surface area contributed by atoms with Crippen molar-refractivity contribution in [2.24, 2.45) is 5.73 Å². The Labute approximate surface area is 104 Å². The van der Waals surface area contributed by atoms with Gasteiger partial charge in [-0.15, -0.1) is 11.3 Å². The van der Waals surface area contributed by atoms with Crippen LogP contribution in [0.3, 0.4) is 0 Å². The molecule has 0 fully saturated rings. The van der Waals surface area contributed by atoms with Crippen molar-refractivity contribution in [1.29, 1.82) is 0 Å². The van der Waals surface area contributed by atoms with Gasteiger partial charge >= 0.3 is 6.03 Å². The normalized spacial score (nSPS) is 17.2. The van der Waals surface area contributed by atoms with Crippen LogP contribution < -0.4 is 11.1 Å². The molecule has 0 bridgehead atoms. The minimum Gasteiger partial charge on any atom is -0.351 e. The number of carbonyl (C=O) groups is 2. The summed E-state index contributed by atoms with van der Waals surface area (Å²) in [7, 11) is 0. The molecule has 0 unspecified atom stereocenters. The quantitative estimate of drug-likeness (QED) is 0.814. The zero-order chi connectivity index (χ0) is 12.4. The summed E-state index contributed by atoms with van der Waals surface area (Å²) in [6.45, 7) is 3.38. The Balaban J connectivity index is 2.00. The van der Waals surface area contributed by atoms with E-state index in [1.165, 1.54) is 10.4 Å². The van der Waals surface area contributed by atoms with Crippen LogP contribution in [-0.2, 0) is 17.8 Å². The molecule has 0 aromatic carbocycles. The van der Waals surface area contributed by atoms with Crippen LogP contribution in [0.15, 0.2) is 11.4 Å². The molecule has 0 saturated carbocycles. The van der Waals surface area contributed by atoms with Gasteiger partial charge in [-0.2, -0.15) is 0 Å². The molecule has 0 spiro atoms. The minimum atomic E-state index is -0.796. The van der Waals surface area contributed by atoms with Gasteiger partial charge in [0.15, 0.2) is 0 Å². The van der Waals surface area contributed by atoms with Crippen LogP contribution in [0.4, 0.5) is 4.79 Å². The summed E-state index contributed by atoms with van der Waals surface area (Å²) in [5.41, 5.74) is 6.21. The Morgan fingerprint density at radius 2 is 2.35 bits per heavy atom. The highest BCUT2D eigenvalue weighted by Crippen LogP contribution is 2.25. The minimum absolute atomic E-state index is 0.337. The van der Waals surface area contributed by atoms with E-state index in [9.17, 15) is 9.59 Å². The third-order valence-corrected chi connectivity index (χ3v) is 4.03. The van der Waals surface area contributed by atoms with Crippen LogP contribution in [-0.4, -0.2) is 29.4 Å². The number of nitrogens with zero attached hydrogens (tertiary/aromatic N) is 1. The molecule has 0 saturated heterocycles. The summed E-state index contributed by atoms with van der Waals surface area (Å²) in [5, 5.41) is 4.19. The molecular weight excluding hydrogens is 238 g/mol. The average Bonchev–Trinajstić information content (AvgIpc) is 2.73. The molecule has 3 N–H and O–H groups in total. The number of nitrogens with two attached hydrogens (primary N) is 1. The van der Waals surface area contributed by atoms with Gasteiger partial charge in [-0.25, -0.2) is 4.79 Å². The van der Waals surface area contributed by atoms with E-state index < -0.39 is 6.03 Å². The Hall–Kier alpha value is -1.40. The van der Waals surface area contributed by atoms with Crippen LogP contribution in [0.2, 0.25) is 0 Å². The highest BCUT2D eigenvalue weighted by Gasteiger charge is 2.26. The number of rotatable bonds is 2. The topological polar surface area (TPSA) is 75.4 Å². The zero-order valence-corrected chi connectivity index (χ0v) is 10.4. The van der Waals surface area contributed by atoms with E-state index >= 15 is 0 Å². The van der Waals surface area contributed by atoms with Crippen molar-refractivity contribution in [3.63, 3.8) is 0 Å². The van der Waals surface area contributed by atoms with Crippen LogP contribution in [0.5, 0.6) is 0 Å². The third-order valence-electron chi connectivity index (χ3n) is 3.01. The van der Waals surface area contributed by atoms with Gasteiger partial charge in [0.1, 0.15) is 0 Å². The zero-order valence-electron chi connectivity index (χ0n) is 9.60. The van der Waals surface area contributed by atoms with Gasteiger partial charge in [0.25, 0.3) is 0 Å². The molecule has 2 rings (SSSR count). The molecule has 3 amide bonds. The smallest absolute Gasteiger partial charge is 0.318 e. The van der Waals surface area contributed by atoms with Crippen molar-refractivity contribution in [3.8, 4) is 0 Å². The standard InChI is InChI=1S/C11H15N3O2S/c1-7(10(15)13-11(12)16)14-4-2-9-8(6-14)3-5-17-9/h3,5,7H,2,4,6H2,1H3,(H3,12,13,15,16)/t7-/m1/s1. The van der Waals surface area contributed by atoms with Crippen molar-refractivity contribution < 1.29 is 9.59 Å². The highest BCUT2D eigenvalue weighted by atomic mass is 32.1. The highest BCUT2D eigenvalue weighted by molar-refractivity contribution is 7.10. The number of urea groups is 1. The van der Waals surface area contributed by atoms with Gasteiger partial charge < -0.3 is 5.73 Å². The molecule has 6 heteroatoms. The van der Waals surface area contributed by atoms with Crippen LogP contribution in [0.25, 0.3) is 0 Å². The van der Waals surface area contributed by atoms with Gasteiger partial charge in [0.2, 0.25) is 5.91 Å². The first-order valence-corrected chi connectivity index (χ1v) is 6.35. The molecular formula is C11H15N3O2S. The van der Waals surface area contributed by atoms with Gasteiger partial charge in [0, 0.05) is 18.0 Å². The number of carbonyl (C=O) groups excluding carboxylic acids is 2. The maximum Gasteiger partial charge on any atom is 0.318 e. The lowest BCUT2D eigenvalue weighted by molar-refractivity contribution is -0.125. The van der Waals surface area contributed by atoms with Crippen molar-refractivity contribution in [2.75, 3.05) is 6.54 Å². The molecule has 1 aliphatic heterocycles. The number of imide groups is 1. The second kappa shape index (κ2) is 4.85. The van der Waals surface area contributed by atoms with Gasteiger partial charge in [-0.1, -0.05) is 0 Å². The molecule has 0 radical (unpaired) electrons. The number of primary amides is 1. The van der Waals surface area contributed by atoms with Crippen LogP contribution in [0, 0.1) is 0 Å². The maximum atomic E-state index is 11.7. The molecule has 17 heavy (non-hydrogen) atoms. The monoisotopic (exact) mass is 253 g/mol. The fraction of sp³-hybridized carbons (Fsp3) is 0.455. The van der Waals surface area contributed by atoms with E-state index in [0.717, 1.165) is 19.5 Å². The lowest BCUT2D eigenvalue weighted by atomic mass is 10.1. The number of thiophene rings is 1. The summed E-state index contributed by atoms with van der Waals surface area (Å²) in [4.78, 5) is 25.7. The molecule has 1 aromatic rings. The predicted octanol–water partition coefficient (Wildman–Crippen LogP) is 0.690. The van der Waals surface area contributed by atoms with Crippen molar-refractivity contribution in [3.05, 3.63) is 21.9 Å². The Morgan fingerprint density at radius 1 is 1.59 bits per heavy atom. The van der Waals surface area contributed by atoms with Gasteiger partial charge in [-0.3, -0.25) is 15.0 Å². The number of hydrogen-bond donors (Lipinski definition) is 2. The van der Waals surface area contributed by atoms with E-state index in [2.05, 4.69) is 16.8 Å². The van der Waals surface area contributed by atoms with Gasteiger partial charge in [0.05, 0.1) is 6.04 Å². The average molecular weight is 253 g/mol. The number of fused-ring (bicyclic) bond motifs is 1. The summed E-state index contributed by atoms with van der Waals surface area (Å²) >= 11 is 1.76. The van der Waals surface area contributed by atoms with Crippen molar-refractivity contribution >= 4 is 23.3 Å². The Kier molecular flexibility index (Phi) is 3.44. The molecule has 0 aliphatic carbocycles. The first-order chi connectivity index (χ1) is 8.08. The first kappa shape index (κ1) is 12.1. The second-order valence-electron chi connectivity index (χ2n) is 4.12. The van der Waals surface area contributed by atoms with Crippen molar-refractivity contribution in [1.82, 2.24) is 10.2 Å². The molecule has 5 nitrogen and oxygen atoms in total. The van der Waals surface area contributed by atoms with E-state index in [-0.39, 0.29) is 11.9 Å². The molecule has 1 atom stereocenters. The number of nitrogens with one attached hydrogen (secondary N) is 1. The van der Waals surface area contributed by atoms with E-state index in [4.69, 9.17) is 5.73 Å². The summed E-state index contributed by atoms with van der Waals surface area (Å²) < 4.78 is 0. The maximum absolute atomic E-state index is 11.7. The summed E-state index contributed by atoms with van der Waals surface area (Å²) in [6, 6.07) is 0.954. The largest absolute Gasteiger partial charge is 0.351 e. The molecule has 1 aliphatic rings. The summed E-state index contributed by atoms with van der Waals surface area (Å²) in [6.07, 6.45) is 0.960. The van der Waals surface area contributed by atoms with E-state index in [1.54, 1.807) is 18.3 Å². The van der Waals surface area contributed by atoms with Crippen LogP contribution in [0.1, 0.15) is 17.4 Å². The lowest BCUT2D eigenvalue weighted by Gasteiger charge is -2.31. The fourth-order valence-corrected chi connectivity index (χ4v) is 2.88. The molecule has 92 valence electrons. The third kappa shape index (κ3) is 2.65. The number of amides is 3. The molecule has 2 heterocycles. The second-order valence-corrected chi connectivity index (χ2v) is 5.12.